The molecule has 0 radical (unpaired) electrons. The third-order valence-corrected chi connectivity index (χ3v) is 3.53. The Labute approximate surface area is 117 Å². The van der Waals surface area contributed by atoms with Gasteiger partial charge in [0.15, 0.2) is 0 Å². The Balaban J connectivity index is 2.30. The van der Waals surface area contributed by atoms with Crippen LogP contribution >= 0.6 is 0 Å². The number of nitrogens with zero attached hydrogens (tertiary/aromatic N) is 2. The summed E-state index contributed by atoms with van der Waals surface area (Å²) in [6.45, 7) is 7.25. The van der Waals surface area contributed by atoms with E-state index >= 15 is 0 Å². The minimum atomic E-state index is -0.795. The maximum atomic E-state index is 13.4. The average Bonchev–Trinajstić information content (AvgIpc) is 2.46. The maximum Gasteiger partial charge on any atom is 0.305 e. The highest BCUT2D eigenvalue weighted by Gasteiger charge is 2.24. The number of rotatable bonds is 5. The van der Waals surface area contributed by atoms with E-state index in [9.17, 15) is 14.5 Å². The summed E-state index contributed by atoms with van der Waals surface area (Å²) in [4.78, 5) is 12.4. The first-order chi connectivity index (χ1) is 9.63. The molecular weight excluding hydrogens is 261 g/mol. The third-order valence-electron chi connectivity index (χ3n) is 3.53. The smallest absolute Gasteiger partial charge is 0.305 e. The fourth-order valence-corrected chi connectivity index (χ4v) is 2.52. The third kappa shape index (κ3) is 3.20. The van der Waals surface area contributed by atoms with Gasteiger partial charge in [0.25, 0.3) is 0 Å². The van der Waals surface area contributed by atoms with Gasteiger partial charge in [-0.3, -0.25) is 15.0 Å². The van der Waals surface area contributed by atoms with Crippen LogP contribution in [0.25, 0.3) is 0 Å². The molecule has 0 spiro atoms. The SMILES string of the molecule is C=CC[C@@H](c1ccc(F)c([N+](=O)[O-])c1)N1CCNCC1. The van der Waals surface area contributed by atoms with Crippen molar-refractivity contribution in [2.24, 2.45) is 0 Å². The van der Waals surface area contributed by atoms with Crippen molar-refractivity contribution in [3.8, 4) is 0 Å². The zero-order valence-corrected chi connectivity index (χ0v) is 11.2. The molecule has 1 aliphatic heterocycles. The molecule has 5 nitrogen and oxygen atoms in total. The van der Waals surface area contributed by atoms with Gasteiger partial charge in [-0.25, -0.2) is 0 Å². The zero-order chi connectivity index (χ0) is 14.5. The number of hydrogen-bond acceptors (Lipinski definition) is 4. The lowest BCUT2D eigenvalue weighted by Gasteiger charge is -2.34. The molecule has 108 valence electrons. The summed E-state index contributed by atoms with van der Waals surface area (Å²) < 4.78 is 13.4. The largest absolute Gasteiger partial charge is 0.314 e. The minimum Gasteiger partial charge on any atom is -0.314 e. The normalized spacial score (nSPS) is 17.6. The molecule has 1 atom stereocenters. The lowest BCUT2D eigenvalue weighted by atomic mass is 10.0. The van der Waals surface area contributed by atoms with Crippen LogP contribution in [0.3, 0.4) is 0 Å². The molecule has 1 aliphatic rings. The molecule has 1 aromatic rings. The molecule has 1 saturated heterocycles. The molecule has 0 amide bonds. The summed E-state index contributed by atoms with van der Waals surface area (Å²) in [6.07, 6.45) is 2.48. The summed E-state index contributed by atoms with van der Waals surface area (Å²) >= 11 is 0. The Morgan fingerprint density at radius 3 is 2.80 bits per heavy atom. The molecule has 0 aliphatic carbocycles. The Bertz CT molecular complexity index is 501. The number of piperazine rings is 1. The van der Waals surface area contributed by atoms with Crippen LogP contribution in [-0.2, 0) is 0 Å². The van der Waals surface area contributed by atoms with E-state index in [1.54, 1.807) is 12.1 Å². The van der Waals surface area contributed by atoms with Crippen LogP contribution in [0.5, 0.6) is 0 Å². The monoisotopic (exact) mass is 279 g/mol. The molecule has 1 N–H and O–H groups in total. The van der Waals surface area contributed by atoms with E-state index in [1.165, 1.54) is 12.1 Å². The van der Waals surface area contributed by atoms with Crippen molar-refractivity contribution in [1.29, 1.82) is 0 Å². The summed E-state index contributed by atoms with van der Waals surface area (Å²) in [5.74, 6) is -0.795. The highest BCUT2D eigenvalue weighted by atomic mass is 19.1. The van der Waals surface area contributed by atoms with Crippen LogP contribution < -0.4 is 5.32 Å². The number of benzene rings is 1. The van der Waals surface area contributed by atoms with Gasteiger partial charge in [0.1, 0.15) is 0 Å². The molecule has 6 heteroatoms. The number of halogens is 1. The Kier molecular flexibility index (Phi) is 4.81. The van der Waals surface area contributed by atoms with Crippen molar-refractivity contribution >= 4 is 5.69 Å². The Morgan fingerprint density at radius 2 is 2.20 bits per heavy atom. The highest BCUT2D eigenvalue weighted by Crippen LogP contribution is 2.29. The molecule has 0 bridgehead atoms. The summed E-state index contributed by atoms with van der Waals surface area (Å²) in [7, 11) is 0. The molecule has 20 heavy (non-hydrogen) atoms. The second-order valence-electron chi connectivity index (χ2n) is 4.79. The Morgan fingerprint density at radius 1 is 1.50 bits per heavy atom. The van der Waals surface area contributed by atoms with Gasteiger partial charge in [-0.1, -0.05) is 12.1 Å². The van der Waals surface area contributed by atoms with Gasteiger partial charge in [-0.2, -0.15) is 4.39 Å². The van der Waals surface area contributed by atoms with Crippen LogP contribution in [0.15, 0.2) is 30.9 Å². The van der Waals surface area contributed by atoms with Crippen molar-refractivity contribution in [1.82, 2.24) is 10.2 Å². The van der Waals surface area contributed by atoms with E-state index < -0.39 is 16.4 Å². The highest BCUT2D eigenvalue weighted by molar-refractivity contribution is 5.37. The van der Waals surface area contributed by atoms with Crippen molar-refractivity contribution in [2.45, 2.75) is 12.5 Å². The molecule has 2 rings (SSSR count). The number of nitrogens with one attached hydrogen (secondary N) is 1. The van der Waals surface area contributed by atoms with E-state index in [1.807, 2.05) is 0 Å². The molecule has 0 saturated carbocycles. The van der Waals surface area contributed by atoms with E-state index in [-0.39, 0.29) is 6.04 Å². The van der Waals surface area contributed by atoms with Crippen LogP contribution in [0.4, 0.5) is 10.1 Å². The fraction of sp³-hybridized carbons (Fsp3) is 0.429. The molecular formula is C14H18FN3O2. The van der Waals surface area contributed by atoms with Crippen LogP contribution in [0.1, 0.15) is 18.0 Å². The predicted molar refractivity (Wildman–Crippen MR) is 75.1 cm³/mol. The summed E-state index contributed by atoms with van der Waals surface area (Å²) in [6, 6.07) is 4.14. The van der Waals surface area contributed by atoms with Crippen LogP contribution in [-0.4, -0.2) is 36.0 Å². The first kappa shape index (κ1) is 14.6. The first-order valence-electron chi connectivity index (χ1n) is 6.63. The van der Waals surface area contributed by atoms with Gasteiger partial charge in [-0.15, -0.1) is 6.58 Å². The first-order valence-corrected chi connectivity index (χ1v) is 6.63. The van der Waals surface area contributed by atoms with Gasteiger partial charge in [0.2, 0.25) is 5.82 Å². The second-order valence-corrected chi connectivity index (χ2v) is 4.79. The second kappa shape index (κ2) is 6.58. The summed E-state index contributed by atoms with van der Waals surface area (Å²) in [5, 5.41) is 14.1. The van der Waals surface area contributed by atoms with Crippen molar-refractivity contribution < 1.29 is 9.31 Å². The zero-order valence-electron chi connectivity index (χ0n) is 11.2. The molecule has 0 unspecified atom stereocenters. The van der Waals surface area contributed by atoms with Gasteiger partial charge in [0.05, 0.1) is 4.92 Å². The fourth-order valence-electron chi connectivity index (χ4n) is 2.52. The lowest BCUT2D eigenvalue weighted by Crippen LogP contribution is -2.45. The van der Waals surface area contributed by atoms with Crippen LogP contribution in [0.2, 0.25) is 0 Å². The van der Waals surface area contributed by atoms with E-state index in [0.29, 0.717) is 6.42 Å². The average molecular weight is 279 g/mol. The quantitative estimate of drug-likeness (QED) is 0.510. The van der Waals surface area contributed by atoms with Crippen molar-refractivity contribution in [3.63, 3.8) is 0 Å². The van der Waals surface area contributed by atoms with Crippen molar-refractivity contribution in [2.75, 3.05) is 26.2 Å². The Hall–Kier alpha value is -1.79. The standard InChI is InChI=1S/C14H18FN3O2/c1-2-3-13(17-8-6-16-7-9-17)11-4-5-12(15)14(10-11)18(19)20/h2,4-5,10,13,16H,1,3,6-9H2/t13-/m0/s1. The molecule has 1 heterocycles. The number of nitro benzene ring substituents is 1. The number of hydrogen-bond donors (Lipinski definition) is 1. The van der Waals surface area contributed by atoms with Gasteiger partial charge >= 0.3 is 5.69 Å². The van der Waals surface area contributed by atoms with E-state index in [0.717, 1.165) is 31.7 Å². The van der Waals surface area contributed by atoms with E-state index in [4.69, 9.17) is 0 Å². The molecule has 1 fully saturated rings. The van der Waals surface area contributed by atoms with Crippen LogP contribution in [0, 0.1) is 15.9 Å². The maximum absolute atomic E-state index is 13.4. The van der Waals surface area contributed by atoms with Gasteiger partial charge in [0, 0.05) is 38.3 Å². The minimum absolute atomic E-state index is 0.00824. The molecule has 0 aromatic heterocycles. The predicted octanol–water partition coefficient (Wildman–Crippen LogP) is 2.26. The van der Waals surface area contributed by atoms with E-state index in [2.05, 4.69) is 16.8 Å². The topological polar surface area (TPSA) is 58.4 Å². The lowest BCUT2D eigenvalue weighted by molar-refractivity contribution is -0.387. The van der Waals surface area contributed by atoms with Crippen molar-refractivity contribution in [3.05, 3.63) is 52.3 Å². The van der Waals surface area contributed by atoms with Gasteiger partial charge < -0.3 is 5.32 Å². The summed E-state index contributed by atoms with van der Waals surface area (Å²) in [5.41, 5.74) is 0.298. The number of nitro groups is 1. The van der Waals surface area contributed by atoms with Gasteiger partial charge in [-0.05, 0) is 18.1 Å². The molecule has 1 aromatic carbocycles.